The van der Waals surface area contributed by atoms with Crippen LogP contribution in [0.25, 0.3) is 0 Å². The van der Waals surface area contributed by atoms with Gasteiger partial charge in [0.15, 0.2) is 0 Å². The maximum atomic E-state index is 10.0. The molecule has 0 amide bonds. The molecule has 0 aliphatic rings. The lowest BCUT2D eigenvalue weighted by molar-refractivity contribution is -0.535. The summed E-state index contributed by atoms with van der Waals surface area (Å²) in [5, 5.41) is 18.4. The summed E-state index contributed by atoms with van der Waals surface area (Å²) in [7, 11) is 0. The summed E-state index contributed by atoms with van der Waals surface area (Å²) < 4.78 is -1.55. The number of aliphatic hydroxyl groups excluding tert-OH is 1. The lowest BCUT2D eigenvalue weighted by Gasteiger charge is -2.12. The zero-order valence-electron chi connectivity index (χ0n) is 4.58. The fourth-order valence-electron chi connectivity index (χ4n) is 0.197. The van der Waals surface area contributed by atoms with Crippen molar-refractivity contribution in [2.45, 2.75) is 4.45 Å². The van der Waals surface area contributed by atoms with E-state index in [1.807, 2.05) is 0 Å². The van der Waals surface area contributed by atoms with E-state index in [0.717, 1.165) is 0 Å². The van der Waals surface area contributed by atoms with Crippen molar-refractivity contribution in [2.75, 3.05) is 13.2 Å². The fraction of sp³-hybridized carbons (Fsp3) is 1.00. The molecule has 0 saturated carbocycles. The van der Waals surface area contributed by atoms with Crippen LogP contribution in [0.3, 0.4) is 0 Å². The third-order valence-electron chi connectivity index (χ3n) is 0.882. The van der Waals surface area contributed by atoms with Crippen molar-refractivity contribution in [3.8, 4) is 0 Å². The summed E-state index contributed by atoms with van der Waals surface area (Å²) in [5.74, 6) is 0. The Hall–Kier alpha value is -0.200. The van der Waals surface area contributed by atoms with Gasteiger partial charge in [-0.15, -0.1) is 0 Å². The number of nitrogens with zero attached hydrogens (tertiary/aromatic N) is 1. The average molecular weight is 199 g/mol. The Kier molecular flexibility index (Phi) is 3.02. The first-order valence-electron chi connectivity index (χ1n) is 2.21. The summed E-state index contributed by atoms with van der Waals surface area (Å²) in [4.78, 5) is 9.34. The van der Waals surface area contributed by atoms with Gasteiger partial charge in [-0.25, -0.2) is 0 Å². The van der Waals surface area contributed by atoms with Crippen LogP contribution in [-0.4, -0.2) is 27.6 Å². The van der Waals surface area contributed by atoms with Crippen molar-refractivity contribution in [2.24, 2.45) is 5.73 Å². The van der Waals surface area contributed by atoms with Crippen molar-refractivity contribution >= 4 is 15.9 Å². The number of alkyl halides is 1. The first-order valence-corrected chi connectivity index (χ1v) is 3.00. The fourth-order valence-corrected chi connectivity index (χ4v) is 0.197. The standard InChI is InChI=1S/C3H7BrN2O3/c4-3(1-5,2-7)6(8)9/h7H,1-2,5H2. The van der Waals surface area contributed by atoms with E-state index < -0.39 is 16.0 Å². The molecule has 0 saturated heterocycles. The molecule has 0 fully saturated rings. The van der Waals surface area contributed by atoms with Crippen molar-refractivity contribution in [1.29, 1.82) is 0 Å². The van der Waals surface area contributed by atoms with E-state index in [1.54, 1.807) is 0 Å². The Morgan fingerprint density at radius 1 is 1.89 bits per heavy atom. The molecule has 1 atom stereocenters. The van der Waals surface area contributed by atoms with Gasteiger partial charge in [0, 0.05) is 20.9 Å². The van der Waals surface area contributed by atoms with Crippen LogP contribution in [0, 0.1) is 10.1 Å². The quantitative estimate of drug-likeness (QED) is 0.272. The second kappa shape index (κ2) is 3.09. The van der Waals surface area contributed by atoms with Gasteiger partial charge in [-0.1, -0.05) is 0 Å². The van der Waals surface area contributed by atoms with Crippen molar-refractivity contribution < 1.29 is 10.0 Å². The minimum Gasteiger partial charge on any atom is -0.388 e. The number of rotatable bonds is 3. The van der Waals surface area contributed by atoms with E-state index in [0.29, 0.717) is 0 Å². The van der Waals surface area contributed by atoms with Crippen LogP contribution in [0.2, 0.25) is 0 Å². The molecule has 0 aliphatic heterocycles. The molecule has 1 unspecified atom stereocenters. The highest BCUT2D eigenvalue weighted by molar-refractivity contribution is 9.10. The van der Waals surface area contributed by atoms with E-state index in [4.69, 9.17) is 10.8 Å². The highest BCUT2D eigenvalue weighted by Crippen LogP contribution is 2.15. The smallest absolute Gasteiger partial charge is 0.309 e. The molecular weight excluding hydrogens is 192 g/mol. The minimum atomic E-state index is -1.55. The van der Waals surface area contributed by atoms with Gasteiger partial charge in [-0.3, -0.25) is 10.1 Å². The molecule has 6 heteroatoms. The van der Waals surface area contributed by atoms with Crippen LogP contribution >= 0.6 is 15.9 Å². The third kappa shape index (κ3) is 1.88. The Bertz CT molecular complexity index is 114. The highest BCUT2D eigenvalue weighted by Gasteiger charge is 2.36. The maximum absolute atomic E-state index is 10.0. The molecule has 0 aromatic rings. The van der Waals surface area contributed by atoms with Crippen LogP contribution in [0.1, 0.15) is 0 Å². The summed E-state index contributed by atoms with van der Waals surface area (Å²) >= 11 is 2.67. The summed E-state index contributed by atoms with van der Waals surface area (Å²) in [6.45, 7) is -0.826. The molecule has 0 bridgehead atoms. The van der Waals surface area contributed by atoms with Gasteiger partial charge >= 0.3 is 4.45 Å². The summed E-state index contributed by atoms with van der Waals surface area (Å²) in [6.07, 6.45) is 0. The van der Waals surface area contributed by atoms with Gasteiger partial charge in [0.05, 0.1) is 6.54 Å². The second-order valence-corrected chi connectivity index (χ2v) is 3.01. The lowest BCUT2D eigenvalue weighted by Crippen LogP contribution is -2.42. The van der Waals surface area contributed by atoms with E-state index in [9.17, 15) is 10.1 Å². The number of nitrogens with two attached hydrogens (primary N) is 1. The monoisotopic (exact) mass is 198 g/mol. The number of aliphatic hydroxyl groups is 1. The molecule has 5 nitrogen and oxygen atoms in total. The molecule has 0 aromatic heterocycles. The van der Waals surface area contributed by atoms with Crippen LogP contribution in [0.4, 0.5) is 0 Å². The van der Waals surface area contributed by atoms with E-state index in [2.05, 4.69) is 15.9 Å². The molecule has 9 heavy (non-hydrogen) atoms. The summed E-state index contributed by atoms with van der Waals surface area (Å²) in [5.41, 5.74) is 4.97. The van der Waals surface area contributed by atoms with Crippen LogP contribution < -0.4 is 5.73 Å². The van der Waals surface area contributed by atoms with Crippen LogP contribution in [0.5, 0.6) is 0 Å². The molecule has 0 rings (SSSR count). The number of hydrogen-bond donors (Lipinski definition) is 2. The van der Waals surface area contributed by atoms with Gasteiger partial charge in [0.2, 0.25) is 0 Å². The first kappa shape index (κ1) is 8.80. The van der Waals surface area contributed by atoms with Crippen molar-refractivity contribution in [1.82, 2.24) is 0 Å². The minimum absolute atomic E-state index is 0.226. The summed E-state index contributed by atoms with van der Waals surface area (Å²) in [6, 6.07) is 0. The van der Waals surface area contributed by atoms with Gasteiger partial charge in [-0.2, -0.15) is 0 Å². The van der Waals surface area contributed by atoms with Gasteiger partial charge in [0.25, 0.3) is 0 Å². The molecule has 0 heterocycles. The molecule has 3 N–H and O–H groups in total. The highest BCUT2D eigenvalue weighted by atomic mass is 79.9. The molecule has 0 spiro atoms. The van der Waals surface area contributed by atoms with Crippen molar-refractivity contribution in [3.63, 3.8) is 0 Å². The second-order valence-electron chi connectivity index (χ2n) is 1.54. The first-order chi connectivity index (χ1) is 4.06. The van der Waals surface area contributed by atoms with Gasteiger partial charge < -0.3 is 10.8 Å². The van der Waals surface area contributed by atoms with Crippen LogP contribution in [0.15, 0.2) is 0 Å². The molecule has 0 aromatic carbocycles. The zero-order chi connectivity index (χ0) is 7.49. The zero-order valence-corrected chi connectivity index (χ0v) is 6.17. The Morgan fingerprint density at radius 3 is 2.33 bits per heavy atom. The van der Waals surface area contributed by atoms with Crippen molar-refractivity contribution in [3.05, 3.63) is 10.1 Å². The number of halogens is 1. The molecular formula is C3H7BrN2O3. The molecule has 0 radical (unpaired) electrons. The average Bonchev–Trinajstić information content (AvgIpc) is 1.86. The number of hydrogen-bond acceptors (Lipinski definition) is 4. The number of nitro groups is 1. The van der Waals surface area contributed by atoms with Gasteiger partial charge in [-0.05, 0) is 0 Å². The third-order valence-corrected chi connectivity index (χ3v) is 1.75. The Balaban J connectivity index is 4.09. The lowest BCUT2D eigenvalue weighted by atomic mass is 10.3. The van der Waals surface area contributed by atoms with Crippen LogP contribution in [-0.2, 0) is 0 Å². The predicted molar refractivity (Wildman–Crippen MR) is 34.8 cm³/mol. The SMILES string of the molecule is NCC(Br)(CO)[N+](=O)[O-]. The topological polar surface area (TPSA) is 89.4 Å². The van der Waals surface area contributed by atoms with E-state index in [1.165, 1.54) is 0 Å². The Labute approximate surface area is 60.1 Å². The van der Waals surface area contributed by atoms with Gasteiger partial charge in [0.1, 0.15) is 6.61 Å². The largest absolute Gasteiger partial charge is 0.388 e. The van der Waals surface area contributed by atoms with E-state index in [-0.39, 0.29) is 6.54 Å². The molecule has 54 valence electrons. The van der Waals surface area contributed by atoms with E-state index >= 15 is 0 Å². The predicted octanol–water partition coefficient (Wildman–Crippen LogP) is -0.695. The maximum Gasteiger partial charge on any atom is 0.309 e. The normalized spacial score (nSPS) is 16.8. The Morgan fingerprint density at radius 2 is 2.33 bits per heavy atom. The molecule has 0 aliphatic carbocycles.